The Balaban J connectivity index is 1.55. The third-order valence-electron chi connectivity index (χ3n) is 5.87. The van der Waals surface area contributed by atoms with Crippen molar-refractivity contribution in [3.63, 3.8) is 0 Å². The molecule has 0 unspecified atom stereocenters. The van der Waals surface area contributed by atoms with Gasteiger partial charge >= 0.3 is 5.00 Å². The summed E-state index contributed by atoms with van der Waals surface area (Å²) in [7, 11) is 0. The molecule has 0 radical (unpaired) electrons. The van der Waals surface area contributed by atoms with Crippen LogP contribution in [-0.4, -0.2) is 59.4 Å². The van der Waals surface area contributed by atoms with E-state index in [1.807, 2.05) is 36.6 Å². The minimum atomic E-state index is -0.329. The molecular weight excluding hydrogens is 412 g/mol. The molecule has 7 nitrogen and oxygen atoms in total. The lowest BCUT2D eigenvalue weighted by Gasteiger charge is -2.40. The van der Waals surface area contributed by atoms with Crippen LogP contribution in [0.1, 0.15) is 42.3 Å². The van der Waals surface area contributed by atoms with Gasteiger partial charge in [0.05, 0.1) is 4.92 Å². The molecule has 1 saturated heterocycles. The molecule has 0 spiro atoms. The lowest BCUT2D eigenvalue weighted by molar-refractivity contribution is -0.380. The van der Waals surface area contributed by atoms with Crippen LogP contribution in [0, 0.1) is 22.5 Å². The van der Waals surface area contributed by atoms with Crippen molar-refractivity contribution in [2.24, 2.45) is 5.41 Å². The standard InChI is InChI=1S/C23H32N4O3S/c1-17-7-5-6-8-19(17)22(28)24-20(23(2,3)4)15-26-11-9-25(10-12-26)14-18-13-21(27(29)30)31-16-18/h5-8,13,16,20H,9-12,14-15H2,1-4H3,(H,24,28)/t20-/m0/s1. The zero-order chi connectivity index (χ0) is 22.6. The summed E-state index contributed by atoms with van der Waals surface area (Å²) < 4.78 is 0. The Morgan fingerprint density at radius 3 is 2.42 bits per heavy atom. The van der Waals surface area contributed by atoms with Crippen molar-refractivity contribution < 1.29 is 9.72 Å². The Labute approximate surface area is 188 Å². The minimum absolute atomic E-state index is 0.0179. The number of hydrogen-bond acceptors (Lipinski definition) is 6. The van der Waals surface area contributed by atoms with Crippen LogP contribution in [0.15, 0.2) is 35.7 Å². The average molecular weight is 445 g/mol. The van der Waals surface area contributed by atoms with E-state index >= 15 is 0 Å². The third kappa shape index (κ3) is 6.35. The first kappa shape index (κ1) is 23.4. The molecular formula is C23H32N4O3S. The average Bonchev–Trinajstić information content (AvgIpc) is 3.17. The van der Waals surface area contributed by atoms with E-state index in [0.717, 1.165) is 56.0 Å². The number of amides is 1. The topological polar surface area (TPSA) is 78.7 Å². The number of nitro groups is 1. The molecule has 1 aliphatic rings. The number of benzene rings is 1. The number of aryl methyl sites for hydroxylation is 1. The lowest BCUT2D eigenvalue weighted by Crippen LogP contribution is -2.54. The number of piperazine rings is 1. The second kappa shape index (κ2) is 9.89. The second-order valence-corrected chi connectivity index (χ2v) is 10.2. The number of carbonyl (C=O) groups excluding carboxylic acids is 1. The number of hydrogen-bond donors (Lipinski definition) is 1. The Morgan fingerprint density at radius 2 is 1.84 bits per heavy atom. The van der Waals surface area contributed by atoms with Crippen LogP contribution < -0.4 is 5.32 Å². The first-order chi connectivity index (χ1) is 14.6. The quantitative estimate of drug-likeness (QED) is 0.517. The monoisotopic (exact) mass is 444 g/mol. The van der Waals surface area contributed by atoms with Crippen molar-refractivity contribution in [2.75, 3.05) is 32.7 Å². The molecule has 0 saturated carbocycles. The van der Waals surface area contributed by atoms with E-state index in [1.165, 1.54) is 11.3 Å². The van der Waals surface area contributed by atoms with Crippen LogP contribution in [-0.2, 0) is 6.54 Å². The summed E-state index contributed by atoms with van der Waals surface area (Å²) in [4.78, 5) is 28.2. The highest BCUT2D eigenvalue weighted by Crippen LogP contribution is 2.25. The van der Waals surface area contributed by atoms with Crippen molar-refractivity contribution in [1.29, 1.82) is 0 Å². The van der Waals surface area contributed by atoms with E-state index in [1.54, 1.807) is 6.07 Å². The summed E-state index contributed by atoms with van der Waals surface area (Å²) in [5.41, 5.74) is 2.65. The molecule has 168 valence electrons. The van der Waals surface area contributed by atoms with Gasteiger partial charge in [0.1, 0.15) is 0 Å². The molecule has 8 heteroatoms. The predicted molar refractivity (Wildman–Crippen MR) is 125 cm³/mol. The van der Waals surface area contributed by atoms with Crippen molar-refractivity contribution in [2.45, 2.75) is 40.3 Å². The second-order valence-electron chi connectivity index (χ2n) is 9.33. The van der Waals surface area contributed by atoms with E-state index in [2.05, 4.69) is 35.9 Å². The van der Waals surface area contributed by atoms with Gasteiger partial charge in [-0.2, -0.15) is 0 Å². The van der Waals surface area contributed by atoms with Crippen LogP contribution in [0.3, 0.4) is 0 Å². The molecule has 3 rings (SSSR count). The number of nitrogens with zero attached hydrogens (tertiary/aromatic N) is 3. The van der Waals surface area contributed by atoms with Crippen molar-refractivity contribution >= 4 is 22.2 Å². The maximum atomic E-state index is 12.9. The summed E-state index contributed by atoms with van der Waals surface area (Å²) >= 11 is 1.19. The van der Waals surface area contributed by atoms with Gasteiger partial charge in [-0.3, -0.25) is 24.7 Å². The van der Waals surface area contributed by atoms with Gasteiger partial charge in [0.15, 0.2) is 0 Å². The molecule has 2 heterocycles. The fourth-order valence-electron chi connectivity index (χ4n) is 3.79. The Morgan fingerprint density at radius 1 is 1.19 bits per heavy atom. The number of thiophene rings is 1. The van der Waals surface area contributed by atoms with Crippen molar-refractivity contribution in [3.05, 3.63) is 62.5 Å². The highest BCUT2D eigenvalue weighted by molar-refractivity contribution is 7.13. The Bertz CT molecular complexity index is 914. The fourth-order valence-corrected chi connectivity index (χ4v) is 4.51. The predicted octanol–water partition coefficient (Wildman–Crippen LogP) is 3.93. The third-order valence-corrected chi connectivity index (χ3v) is 6.80. The number of nitrogens with one attached hydrogen (secondary N) is 1. The van der Waals surface area contributed by atoms with Crippen LogP contribution >= 0.6 is 11.3 Å². The highest BCUT2D eigenvalue weighted by atomic mass is 32.1. The first-order valence-electron chi connectivity index (χ1n) is 10.7. The maximum Gasteiger partial charge on any atom is 0.324 e. The van der Waals surface area contributed by atoms with E-state index in [-0.39, 0.29) is 27.3 Å². The molecule has 31 heavy (non-hydrogen) atoms. The van der Waals surface area contributed by atoms with Crippen LogP contribution in [0.2, 0.25) is 0 Å². The van der Waals surface area contributed by atoms with E-state index in [9.17, 15) is 14.9 Å². The molecule has 1 atom stereocenters. The molecule has 1 amide bonds. The minimum Gasteiger partial charge on any atom is -0.347 e. The summed E-state index contributed by atoms with van der Waals surface area (Å²) in [5.74, 6) is -0.0179. The van der Waals surface area contributed by atoms with Crippen LogP contribution in [0.25, 0.3) is 0 Å². The van der Waals surface area contributed by atoms with E-state index in [4.69, 9.17) is 0 Å². The molecule has 1 aliphatic heterocycles. The smallest absolute Gasteiger partial charge is 0.324 e. The maximum absolute atomic E-state index is 12.9. The zero-order valence-electron chi connectivity index (χ0n) is 18.8. The molecule has 1 N–H and O–H groups in total. The zero-order valence-corrected chi connectivity index (χ0v) is 19.6. The Kier molecular flexibility index (Phi) is 7.46. The normalized spacial score (nSPS) is 16.8. The van der Waals surface area contributed by atoms with Gasteiger partial charge in [-0.25, -0.2) is 0 Å². The number of rotatable bonds is 7. The van der Waals surface area contributed by atoms with Crippen LogP contribution in [0.4, 0.5) is 5.00 Å². The summed E-state index contributed by atoms with van der Waals surface area (Å²) in [6, 6.07) is 9.38. The first-order valence-corrected chi connectivity index (χ1v) is 11.5. The van der Waals surface area contributed by atoms with E-state index < -0.39 is 0 Å². The van der Waals surface area contributed by atoms with Gasteiger partial charge in [-0.1, -0.05) is 50.3 Å². The SMILES string of the molecule is Cc1ccccc1C(=O)N[C@@H](CN1CCN(Cc2csc([N+](=O)[O-])c2)CC1)C(C)(C)C. The van der Waals surface area contributed by atoms with Gasteiger partial charge in [-0.05, 0) is 29.5 Å². The highest BCUT2D eigenvalue weighted by Gasteiger charge is 2.30. The van der Waals surface area contributed by atoms with E-state index in [0.29, 0.717) is 0 Å². The van der Waals surface area contributed by atoms with Gasteiger partial charge in [0.25, 0.3) is 5.91 Å². The molecule has 1 fully saturated rings. The summed E-state index contributed by atoms with van der Waals surface area (Å²) in [6.07, 6.45) is 0. The molecule has 1 aromatic heterocycles. The van der Waals surface area contributed by atoms with Gasteiger partial charge in [-0.15, -0.1) is 0 Å². The van der Waals surface area contributed by atoms with Gasteiger partial charge in [0, 0.05) is 62.3 Å². The van der Waals surface area contributed by atoms with Crippen LogP contribution in [0.5, 0.6) is 0 Å². The summed E-state index contributed by atoms with van der Waals surface area (Å²) in [5, 5.41) is 16.2. The largest absolute Gasteiger partial charge is 0.347 e. The molecule has 0 aliphatic carbocycles. The summed E-state index contributed by atoms with van der Waals surface area (Å²) in [6.45, 7) is 13.6. The fraction of sp³-hybridized carbons (Fsp3) is 0.522. The Hall–Kier alpha value is -2.29. The molecule has 0 bridgehead atoms. The van der Waals surface area contributed by atoms with Crippen molar-refractivity contribution in [3.8, 4) is 0 Å². The van der Waals surface area contributed by atoms with Gasteiger partial charge < -0.3 is 5.32 Å². The van der Waals surface area contributed by atoms with Gasteiger partial charge in [0.2, 0.25) is 0 Å². The van der Waals surface area contributed by atoms with Crippen molar-refractivity contribution in [1.82, 2.24) is 15.1 Å². The molecule has 1 aromatic carbocycles. The number of carbonyl (C=O) groups is 1. The lowest BCUT2D eigenvalue weighted by atomic mass is 9.86. The molecule has 2 aromatic rings.